The van der Waals surface area contributed by atoms with E-state index in [1.165, 1.54) is 6.92 Å². The van der Waals surface area contributed by atoms with Gasteiger partial charge in [0, 0.05) is 4.90 Å². The van der Waals surface area contributed by atoms with Crippen LogP contribution in [0.5, 0.6) is 0 Å². The van der Waals surface area contributed by atoms with E-state index in [1.807, 2.05) is 18.5 Å². The van der Waals surface area contributed by atoms with Crippen molar-refractivity contribution in [3.8, 4) is 0 Å². The smallest absolute Gasteiger partial charge is 0.290 e. The molecule has 0 aliphatic carbocycles. The zero-order valence-corrected chi connectivity index (χ0v) is 29.4. The summed E-state index contributed by atoms with van der Waals surface area (Å²) >= 11 is 0.416. The molecule has 0 aromatic heterocycles. The summed E-state index contributed by atoms with van der Waals surface area (Å²) < 4.78 is 134. The van der Waals surface area contributed by atoms with E-state index < -0.39 is 56.5 Å². The Labute approximate surface area is 249 Å². The number of halogens is 11. The molecule has 0 heterocycles. The van der Waals surface area contributed by atoms with Crippen molar-refractivity contribution in [2.24, 2.45) is 0 Å². The van der Waals surface area contributed by atoms with Crippen molar-refractivity contribution in [1.29, 1.82) is 0 Å². The van der Waals surface area contributed by atoms with Crippen molar-refractivity contribution >= 4 is 123 Å². The molecule has 0 spiro atoms. The number of ether oxygens (including phenoxy) is 1. The second kappa shape index (κ2) is 10.7. The summed E-state index contributed by atoms with van der Waals surface area (Å²) in [6.45, 7) is 3.15. The molecule has 0 bridgehead atoms. The molecule has 0 aliphatic heterocycles. The lowest BCUT2D eigenvalue weighted by Gasteiger charge is -2.57. The van der Waals surface area contributed by atoms with E-state index in [2.05, 4.69) is 0 Å². The first-order chi connectivity index (χ1) is 15.0. The van der Waals surface area contributed by atoms with Crippen LogP contribution in [0.15, 0.2) is 0 Å². The minimum atomic E-state index is -5.22. The minimum absolute atomic E-state index is 0.0196. The molecule has 0 saturated heterocycles. The maximum Gasteiger partial charge on any atom is 0.290 e. The first kappa shape index (κ1) is 39.2. The topological polar surface area (TPSA) is 9.23 Å². The van der Waals surface area contributed by atoms with E-state index in [-0.39, 0.29) is 29.5 Å². The molecule has 21 heteroatoms. The van der Waals surface area contributed by atoms with Crippen molar-refractivity contribution in [2.75, 3.05) is 0 Å². The predicted molar refractivity (Wildman–Crippen MR) is 163 cm³/mol. The number of alkyl halides is 11. The Bertz CT molecular complexity index is 818. The molecule has 0 saturated carbocycles. The predicted octanol–water partition coefficient (Wildman–Crippen LogP) is 5.39. The van der Waals surface area contributed by atoms with Gasteiger partial charge in [0.1, 0.15) is 48.0 Å². The Morgan fingerprint density at radius 3 is 1.14 bits per heavy atom. The molecule has 0 aromatic carbocycles. The SMILES string of the molecule is [B]C(C)(F)C(F)(P)C([B])(F)C(F)(I)C([B])(F)C(F)(P)C([B])(F)C(F)(I)OC(P)(C(C)(C)F)C(C)(P)P. The number of hydrogen-bond acceptors (Lipinski definition) is 1. The molecule has 202 valence electrons. The third-order valence-corrected chi connectivity index (χ3v) is 13.0. The third kappa shape index (κ3) is 5.99. The summed E-state index contributed by atoms with van der Waals surface area (Å²) in [5, 5.41) is -11.9. The van der Waals surface area contributed by atoms with Crippen molar-refractivity contribution in [2.45, 2.75) is 84.2 Å². The van der Waals surface area contributed by atoms with Crippen LogP contribution in [0.2, 0.25) is 0 Å². The van der Waals surface area contributed by atoms with Crippen LogP contribution in [0.3, 0.4) is 0 Å². The fourth-order valence-corrected chi connectivity index (χ4v) is 6.90. The summed E-state index contributed by atoms with van der Waals surface area (Å²) in [7, 11) is 27.0. The molecule has 0 rings (SSSR count). The van der Waals surface area contributed by atoms with Gasteiger partial charge in [0.15, 0.2) is 27.5 Å². The van der Waals surface area contributed by atoms with Crippen LogP contribution in [-0.2, 0) is 4.74 Å². The first-order valence-corrected chi connectivity index (χ1v) is 14.4. The highest BCUT2D eigenvalue weighted by molar-refractivity contribution is 14.1. The maximum absolute atomic E-state index is 15.8. The van der Waals surface area contributed by atoms with Gasteiger partial charge in [-0.2, -0.15) is 4.39 Å². The molecule has 36 heavy (non-hydrogen) atoms. The van der Waals surface area contributed by atoms with Crippen LogP contribution < -0.4 is 0 Å². The van der Waals surface area contributed by atoms with Crippen molar-refractivity contribution in [3.63, 3.8) is 0 Å². The molecule has 0 amide bonds. The largest absolute Gasteiger partial charge is 0.321 e. The Kier molecular flexibility index (Phi) is 11.7. The van der Waals surface area contributed by atoms with Gasteiger partial charge in [-0.15, -0.1) is 18.5 Å². The Hall–Kier alpha value is 3.20. The van der Waals surface area contributed by atoms with Crippen LogP contribution in [-0.4, -0.2) is 87.9 Å². The van der Waals surface area contributed by atoms with E-state index in [0.29, 0.717) is 31.8 Å². The molecule has 1 nitrogen and oxygen atoms in total. The lowest BCUT2D eigenvalue weighted by Crippen LogP contribution is -2.78. The maximum atomic E-state index is 15.8. The van der Waals surface area contributed by atoms with Gasteiger partial charge < -0.3 is 4.74 Å². The molecular weight excluding hydrogens is 819 g/mol. The van der Waals surface area contributed by atoms with Crippen LogP contribution in [0.25, 0.3) is 0 Å². The average Bonchev–Trinajstić information content (AvgIpc) is 2.57. The van der Waals surface area contributed by atoms with Crippen LogP contribution in [0, 0.1) is 0 Å². The standard InChI is InChI=1S/C15H22B4F9I2OP5/c1-5(2,20)14(36,7(4,32)33)31-15(28,30)10(19,24)13(27,35)9(18,23)11(25,29)8(17,22)12(26,34)6(3,16)21/h32-36H2,1-4H3. The van der Waals surface area contributed by atoms with E-state index in [9.17, 15) is 8.78 Å². The van der Waals surface area contributed by atoms with Crippen molar-refractivity contribution in [3.05, 3.63) is 0 Å². The summed E-state index contributed by atoms with van der Waals surface area (Å²) in [4.78, 5) is -1.57. The summed E-state index contributed by atoms with van der Waals surface area (Å²) in [6, 6.07) is 0. The Morgan fingerprint density at radius 1 is 0.583 bits per heavy atom. The van der Waals surface area contributed by atoms with Crippen molar-refractivity contribution in [1.82, 2.24) is 0 Å². The normalized spacial score (nSPS) is 28.9. The van der Waals surface area contributed by atoms with Crippen molar-refractivity contribution < 1.29 is 44.3 Å². The minimum Gasteiger partial charge on any atom is -0.321 e. The Balaban J connectivity index is 7.01. The van der Waals surface area contributed by atoms with Gasteiger partial charge in [-0.05, 0) is 72.9 Å². The van der Waals surface area contributed by atoms with Gasteiger partial charge in [-0.25, -0.2) is 30.7 Å². The van der Waals surface area contributed by atoms with E-state index in [4.69, 9.17) is 36.1 Å². The second-order valence-corrected chi connectivity index (χ2v) is 17.7. The zero-order chi connectivity index (χ0) is 30.2. The molecular formula is C15H22B4F9I2OP5. The fraction of sp³-hybridized carbons (Fsp3) is 1.00. The quantitative estimate of drug-likeness (QED) is 0.0894. The van der Waals surface area contributed by atoms with E-state index in [0.717, 1.165) is 23.1 Å². The second-order valence-electron chi connectivity index (χ2n) is 9.32. The van der Waals surface area contributed by atoms with Crippen LogP contribution in [0.1, 0.15) is 27.7 Å². The van der Waals surface area contributed by atoms with Gasteiger partial charge >= 0.3 is 0 Å². The molecule has 0 aliphatic rings. The molecule has 0 N–H and O–H groups in total. The van der Waals surface area contributed by atoms with E-state index in [1.54, 1.807) is 9.24 Å². The van der Waals surface area contributed by atoms with Crippen LogP contribution >= 0.6 is 91.4 Å². The summed E-state index contributed by atoms with van der Waals surface area (Å²) in [5.74, 6) is 0. The summed E-state index contributed by atoms with van der Waals surface area (Å²) in [6.07, 6.45) is 0. The molecule has 14 atom stereocenters. The number of rotatable bonds is 11. The highest BCUT2D eigenvalue weighted by Gasteiger charge is 2.80. The average molecular weight is 841 g/mol. The van der Waals surface area contributed by atoms with Gasteiger partial charge in [0.25, 0.3) is 3.86 Å². The first-order valence-electron chi connectivity index (χ1n) is 9.34. The molecule has 14 unspecified atom stereocenters. The van der Waals surface area contributed by atoms with Gasteiger partial charge in [-0.3, -0.25) is 4.39 Å². The molecule has 0 aromatic rings. The number of hydrogen-bond donors (Lipinski definition) is 0. The van der Waals surface area contributed by atoms with E-state index >= 15 is 30.7 Å². The third-order valence-electron chi connectivity index (χ3n) is 5.61. The highest BCUT2D eigenvalue weighted by Crippen LogP contribution is 2.65. The molecule has 8 radical (unpaired) electrons. The summed E-state index contributed by atoms with van der Waals surface area (Å²) in [5.41, 5.74) is -21.6. The fourth-order valence-electron chi connectivity index (χ4n) is 2.70. The highest BCUT2D eigenvalue weighted by atomic mass is 127. The lowest BCUT2D eigenvalue weighted by atomic mass is 9.55. The van der Waals surface area contributed by atoms with Gasteiger partial charge in [-0.1, -0.05) is 27.7 Å². The van der Waals surface area contributed by atoms with Gasteiger partial charge in [0.05, 0.1) is 0 Å². The Morgan fingerprint density at radius 2 is 0.889 bits per heavy atom. The van der Waals surface area contributed by atoms with Crippen LogP contribution in [0.4, 0.5) is 39.5 Å². The molecule has 0 fully saturated rings. The van der Waals surface area contributed by atoms with Gasteiger partial charge in [0.2, 0.25) is 3.68 Å². The monoisotopic (exact) mass is 842 g/mol. The lowest BCUT2D eigenvalue weighted by molar-refractivity contribution is -0.228. The zero-order valence-electron chi connectivity index (χ0n) is 19.3.